The molecule has 124 valence electrons. The molecule has 7 heteroatoms. The average Bonchev–Trinajstić information content (AvgIpc) is 3.22. The zero-order valence-electron chi connectivity index (χ0n) is 13.0. The molecular formula is C17H16N2O4S. The van der Waals surface area contributed by atoms with Crippen molar-refractivity contribution in [1.82, 2.24) is 9.88 Å². The van der Waals surface area contributed by atoms with Gasteiger partial charge in [0.05, 0.1) is 23.1 Å². The minimum atomic E-state index is -0.648. The molecule has 0 bridgehead atoms. The monoisotopic (exact) mass is 344 g/mol. The summed E-state index contributed by atoms with van der Waals surface area (Å²) in [6, 6.07) is 6.26. The van der Waals surface area contributed by atoms with Gasteiger partial charge in [0.15, 0.2) is 5.76 Å². The number of rotatable bonds is 6. The van der Waals surface area contributed by atoms with Crippen LogP contribution in [0.5, 0.6) is 0 Å². The van der Waals surface area contributed by atoms with Crippen LogP contribution in [-0.4, -0.2) is 46.9 Å². The van der Waals surface area contributed by atoms with E-state index in [0.29, 0.717) is 11.5 Å². The Bertz CT molecular complexity index is 771. The minimum absolute atomic E-state index is 0.102. The van der Waals surface area contributed by atoms with E-state index < -0.39 is 17.7 Å². The molecule has 0 saturated carbocycles. The highest BCUT2D eigenvalue weighted by Gasteiger charge is 2.43. The highest BCUT2D eigenvalue weighted by Crippen LogP contribution is 2.39. The van der Waals surface area contributed by atoms with Crippen molar-refractivity contribution >= 4 is 23.0 Å². The van der Waals surface area contributed by atoms with Crippen LogP contribution in [0.2, 0.25) is 0 Å². The summed E-state index contributed by atoms with van der Waals surface area (Å²) >= 11 is 1.28. The van der Waals surface area contributed by atoms with Crippen molar-refractivity contribution in [2.75, 3.05) is 20.3 Å². The highest BCUT2D eigenvalue weighted by atomic mass is 32.1. The Morgan fingerprint density at radius 3 is 2.75 bits per heavy atom. The lowest BCUT2D eigenvalue weighted by Gasteiger charge is -2.26. The number of Topliss-reactive ketones (excluding diaryl/α,β-unsaturated/α-hetero) is 1. The van der Waals surface area contributed by atoms with Crippen molar-refractivity contribution in [3.63, 3.8) is 0 Å². The van der Waals surface area contributed by atoms with Crippen LogP contribution >= 0.6 is 11.3 Å². The topological polar surface area (TPSA) is 79.7 Å². The lowest BCUT2D eigenvalue weighted by Crippen LogP contribution is -2.33. The maximum Gasteiger partial charge on any atom is 0.290 e. The summed E-state index contributed by atoms with van der Waals surface area (Å²) in [5.74, 6) is -1.39. The van der Waals surface area contributed by atoms with Gasteiger partial charge in [0.2, 0.25) is 5.78 Å². The van der Waals surface area contributed by atoms with Gasteiger partial charge in [-0.2, -0.15) is 0 Å². The zero-order valence-corrected chi connectivity index (χ0v) is 13.8. The third-order valence-electron chi connectivity index (χ3n) is 3.85. The van der Waals surface area contributed by atoms with E-state index in [0.717, 1.165) is 5.56 Å². The first-order chi connectivity index (χ1) is 11.6. The quantitative estimate of drug-likeness (QED) is 0.814. The van der Waals surface area contributed by atoms with E-state index in [1.807, 2.05) is 0 Å². The highest BCUT2D eigenvalue weighted by molar-refractivity contribution is 7.12. The van der Waals surface area contributed by atoms with Crippen LogP contribution in [0.25, 0.3) is 0 Å². The second-order valence-electron chi connectivity index (χ2n) is 5.24. The molecule has 0 saturated heterocycles. The second kappa shape index (κ2) is 6.94. The van der Waals surface area contributed by atoms with Gasteiger partial charge in [-0.25, -0.2) is 0 Å². The lowest BCUT2D eigenvalue weighted by molar-refractivity contribution is -0.130. The lowest BCUT2D eigenvalue weighted by atomic mass is 9.96. The molecule has 0 aliphatic carbocycles. The first-order valence-electron chi connectivity index (χ1n) is 7.36. The smallest absolute Gasteiger partial charge is 0.290 e. The average molecular weight is 344 g/mol. The van der Waals surface area contributed by atoms with Crippen LogP contribution < -0.4 is 0 Å². The van der Waals surface area contributed by atoms with E-state index in [-0.39, 0.29) is 17.9 Å². The molecule has 2 aromatic rings. The van der Waals surface area contributed by atoms with Crippen LogP contribution in [-0.2, 0) is 9.53 Å². The Morgan fingerprint density at radius 1 is 1.38 bits per heavy atom. The molecule has 1 aliphatic heterocycles. The summed E-state index contributed by atoms with van der Waals surface area (Å²) in [4.78, 5) is 31.2. The van der Waals surface area contributed by atoms with Crippen molar-refractivity contribution in [2.45, 2.75) is 6.04 Å². The van der Waals surface area contributed by atoms with Crippen molar-refractivity contribution in [2.24, 2.45) is 0 Å². The van der Waals surface area contributed by atoms with Gasteiger partial charge < -0.3 is 14.7 Å². The standard InChI is InChI=1S/C17H16N2O4S/c1-23-9-8-19-14(11-4-6-18-7-5-11)13(16(21)17(19)22)15(20)12-3-2-10-24-12/h2-7,10,14,21H,8-9H2,1H3. The summed E-state index contributed by atoms with van der Waals surface area (Å²) in [5.41, 5.74) is 0.822. The predicted molar refractivity (Wildman–Crippen MR) is 88.9 cm³/mol. The maximum atomic E-state index is 12.8. The first kappa shape index (κ1) is 16.4. The number of ketones is 1. The predicted octanol–water partition coefficient (Wildman–Crippen LogP) is 2.37. The maximum absolute atomic E-state index is 12.8. The zero-order chi connectivity index (χ0) is 17.1. The SMILES string of the molecule is COCCN1C(=O)C(O)=C(C(=O)c2cccs2)C1c1ccncc1. The van der Waals surface area contributed by atoms with Crippen LogP contribution in [0, 0.1) is 0 Å². The Labute approximate surface area is 143 Å². The number of hydrogen-bond donors (Lipinski definition) is 1. The Balaban J connectivity index is 2.06. The minimum Gasteiger partial charge on any atom is -0.503 e. The fourth-order valence-corrected chi connectivity index (χ4v) is 3.42. The van der Waals surface area contributed by atoms with Crippen molar-refractivity contribution in [3.05, 3.63) is 63.8 Å². The molecule has 1 unspecified atom stereocenters. The van der Waals surface area contributed by atoms with Gasteiger partial charge in [0.25, 0.3) is 5.91 Å². The normalized spacial score (nSPS) is 17.6. The molecular weight excluding hydrogens is 328 g/mol. The third-order valence-corrected chi connectivity index (χ3v) is 4.72. The molecule has 1 aliphatic rings. The van der Waals surface area contributed by atoms with E-state index in [4.69, 9.17) is 4.74 Å². The van der Waals surface area contributed by atoms with Crippen molar-refractivity contribution in [3.8, 4) is 0 Å². The number of ether oxygens (including phenoxy) is 1. The molecule has 0 spiro atoms. The summed E-state index contributed by atoms with van der Waals surface area (Å²) in [6.07, 6.45) is 3.19. The van der Waals surface area contributed by atoms with Gasteiger partial charge in [0, 0.05) is 26.0 Å². The van der Waals surface area contributed by atoms with Crippen LogP contribution in [0.15, 0.2) is 53.4 Å². The summed E-state index contributed by atoms with van der Waals surface area (Å²) in [7, 11) is 1.53. The van der Waals surface area contributed by atoms with Crippen LogP contribution in [0.3, 0.4) is 0 Å². The molecule has 2 aromatic heterocycles. The number of methoxy groups -OCH3 is 1. The largest absolute Gasteiger partial charge is 0.503 e. The van der Waals surface area contributed by atoms with E-state index >= 15 is 0 Å². The van der Waals surface area contributed by atoms with Gasteiger partial charge in [-0.15, -0.1) is 11.3 Å². The number of hydrogen-bond acceptors (Lipinski definition) is 6. The van der Waals surface area contributed by atoms with Crippen LogP contribution in [0.4, 0.5) is 0 Å². The van der Waals surface area contributed by atoms with E-state index in [1.54, 1.807) is 42.0 Å². The summed E-state index contributed by atoms with van der Waals surface area (Å²) in [6.45, 7) is 0.578. The molecule has 24 heavy (non-hydrogen) atoms. The number of amides is 1. The van der Waals surface area contributed by atoms with E-state index in [1.165, 1.54) is 23.3 Å². The number of thiophene rings is 1. The number of carbonyl (C=O) groups is 2. The summed E-state index contributed by atoms with van der Waals surface area (Å²) in [5, 5.41) is 12.1. The fraction of sp³-hybridized carbons (Fsp3) is 0.235. The number of aliphatic hydroxyl groups excluding tert-OH is 1. The molecule has 6 nitrogen and oxygen atoms in total. The van der Waals surface area contributed by atoms with Crippen molar-refractivity contribution in [1.29, 1.82) is 0 Å². The first-order valence-corrected chi connectivity index (χ1v) is 8.24. The van der Waals surface area contributed by atoms with Crippen molar-refractivity contribution < 1.29 is 19.4 Å². The number of carbonyl (C=O) groups excluding carboxylic acids is 2. The molecule has 0 fully saturated rings. The number of nitrogens with zero attached hydrogens (tertiary/aromatic N) is 2. The summed E-state index contributed by atoms with van der Waals surface area (Å²) < 4.78 is 5.05. The van der Waals surface area contributed by atoms with Crippen LogP contribution in [0.1, 0.15) is 21.3 Å². The van der Waals surface area contributed by atoms with Gasteiger partial charge >= 0.3 is 0 Å². The number of pyridine rings is 1. The Hall–Kier alpha value is -2.51. The van der Waals surface area contributed by atoms with Gasteiger partial charge in [-0.3, -0.25) is 14.6 Å². The Kier molecular flexibility index (Phi) is 4.73. The van der Waals surface area contributed by atoms with E-state index in [2.05, 4.69) is 4.98 Å². The molecule has 1 amide bonds. The number of aliphatic hydroxyl groups is 1. The molecule has 1 atom stereocenters. The van der Waals surface area contributed by atoms with Gasteiger partial charge in [-0.05, 0) is 29.1 Å². The van der Waals surface area contributed by atoms with E-state index in [9.17, 15) is 14.7 Å². The fourth-order valence-electron chi connectivity index (χ4n) is 2.74. The van der Waals surface area contributed by atoms with Gasteiger partial charge in [0.1, 0.15) is 0 Å². The Morgan fingerprint density at radius 2 is 2.12 bits per heavy atom. The molecule has 0 aromatic carbocycles. The second-order valence-corrected chi connectivity index (χ2v) is 6.19. The number of aromatic nitrogens is 1. The third kappa shape index (κ3) is 2.83. The molecule has 3 heterocycles. The van der Waals surface area contributed by atoms with Gasteiger partial charge in [-0.1, -0.05) is 6.07 Å². The molecule has 3 rings (SSSR count). The molecule has 0 radical (unpaired) electrons. The molecule has 1 N–H and O–H groups in total.